The van der Waals surface area contributed by atoms with E-state index in [1.165, 1.54) is 12.3 Å². The Hall–Kier alpha value is -1.21. The molecule has 0 bridgehead atoms. The molecule has 1 unspecified atom stereocenters. The van der Waals surface area contributed by atoms with E-state index in [0.29, 0.717) is 6.54 Å². The normalized spacial score (nSPS) is 13.5. The van der Waals surface area contributed by atoms with Crippen LogP contribution >= 0.6 is 0 Å². The Bertz CT molecular complexity index is 384. The van der Waals surface area contributed by atoms with E-state index in [1.54, 1.807) is 0 Å². The van der Waals surface area contributed by atoms with Gasteiger partial charge < -0.3 is 10.1 Å². The maximum Gasteiger partial charge on any atom is 0.411 e. The van der Waals surface area contributed by atoms with Crippen molar-refractivity contribution in [3.8, 4) is 0 Å². The third kappa shape index (κ3) is 5.98. The molecule has 0 radical (unpaired) electrons. The quantitative estimate of drug-likeness (QED) is 0.780. The lowest BCUT2D eigenvalue weighted by molar-refractivity contribution is -0.175. The van der Waals surface area contributed by atoms with Crippen molar-refractivity contribution in [1.29, 1.82) is 0 Å². The van der Waals surface area contributed by atoms with Crippen molar-refractivity contribution in [2.45, 2.75) is 25.6 Å². The fourth-order valence-electron chi connectivity index (χ4n) is 1.54. The highest BCUT2D eigenvalue weighted by molar-refractivity contribution is 5.17. The van der Waals surface area contributed by atoms with Gasteiger partial charge in [-0.2, -0.15) is 13.2 Å². The average molecular weight is 280 g/mol. The summed E-state index contributed by atoms with van der Waals surface area (Å²) in [6, 6.07) is 0.810. The highest BCUT2D eigenvalue weighted by Crippen LogP contribution is 2.19. The van der Waals surface area contributed by atoms with Crippen molar-refractivity contribution in [2.75, 3.05) is 19.8 Å². The van der Waals surface area contributed by atoms with Gasteiger partial charge in [-0.15, -0.1) is 0 Å². The molecule has 1 N–H and O–H groups in total. The summed E-state index contributed by atoms with van der Waals surface area (Å²) in [6.45, 7) is 0.871. The highest BCUT2D eigenvalue weighted by Gasteiger charge is 2.28. The van der Waals surface area contributed by atoms with Crippen LogP contribution in [0, 0.1) is 5.82 Å². The number of hydrogen-bond acceptors (Lipinski definition) is 3. The standard InChI is InChI=1S/C12H16F4N2O/c1-2-4-18-11(7-19-8-12(14,15)16)9-3-5-17-6-10(9)13/h3,5-6,11,18H,2,4,7-8H2,1H3. The Labute approximate surface area is 109 Å². The fraction of sp³-hybridized carbons (Fsp3) is 0.583. The van der Waals surface area contributed by atoms with Gasteiger partial charge in [0.05, 0.1) is 18.8 Å². The molecule has 1 atom stereocenters. The minimum atomic E-state index is -4.38. The zero-order chi connectivity index (χ0) is 14.3. The maximum atomic E-state index is 13.5. The van der Waals surface area contributed by atoms with Crippen LogP contribution in [-0.4, -0.2) is 30.9 Å². The second kappa shape index (κ2) is 7.40. The van der Waals surface area contributed by atoms with Gasteiger partial charge in [0.15, 0.2) is 0 Å². The number of alkyl halides is 3. The molecule has 1 heterocycles. The van der Waals surface area contributed by atoms with Gasteiger partial charge in [-0.3, -0.25) is 4.98 Å². The molecule has 7 heteroatoms. The summed E-state index contributed by atoms with van der Waals surface area (Å²) in [5.41, 5.74) is 0.255. The topological polar surface area (TPSA) is 34.1 Å². The first-order valence-corrected chi connectivity index (χ1v) is 5.91. The third-order valence-electron chi connectivity index (χ3n) is 2.37. The van der Waals surface area contributed by atoms with Gasteiger partial charge in [-0.25, -0.2) is 4.39 Å². The molecule has 108 valence electrons. The molecule has 0 amide bonds. The Morgan fingerprint density at radius 2 is 2.16 bits per heavy atom. The predicted molar refractivity (Wildman–Crippen MR) is 62.1 cm³/mol. The van der Waals surface area contributed by atoms with Crippen molar-refractivity contribution in [2.24, 2.45) is 0 Å². The number of aromatic nitrogens is 1. The Kier molecular flexibility index (Phi) is 6.17. The van der Waals surface area contributed by atoms with Gasteiger partial charge in [0.1, 0.15) is 12.4 Å². The van der Waals surface area contributed by atoms with Crippen LogP contribution in [-0.2, 0) is 4.74 Å². The van der Waals surface area contributed by atoms with Gasteiger partial charge in [0, 0.05) is 11.8 Å². The zero-order valence-corrected chi connectivity index (χ0v) is 10.5. The van der Waals surface area contributed by atoms with E-state index in [0.717, 1.165) is 12.6 Å². The minimum absolute atomic E-state index is 0.250. The van der Waals surface area contributed by atoms with Crippen LogP contribution in [0.2, 0.25) is 0 Å². The van der Waals surface area contributed by atoms with Gasteiger partial charge in [0.2, 0.25) is 0 Å². The molecular formula is C12H16F4N2O. The van der Waals surface area contributed by atoms with Crippen LogP contribution in [0.4, 0.5) is 17.6 Å². The molecule has 0 saturated carbocycles. The first-order chi connectivity index (χ1) is 8.94. The lowest BCUT2D eigenvalue weighted by Crippen LogP contribution is -2.29. The average Bonchev–Trinajstić information content (AvgIpc) is 2.33. The van der Waals surface area contributed by atoms with Crippen molar-refractivity contribution >= 4 is 0 Å². The van der Waals surface area contributed by atoms with E-state index in [-0.39, 0.29) is 12.2 Å². The first kappa shape index (κ1) is 15.8. The molecule has 0 spiro atoms. The summed E-state index contributed by atoms with van der Waals surface area (Å²) < 4.78 is 54.2. The molecule has 0 aliphatic carbocycles. The molecule has 3 nitrogen and oxygen atoms in total. The van der Waals surface area contributed by atoms with Gasteiger partial charge >= 0.3 is 6.18 Å². The number of halogens is 4. The smallest absolute Gasteiger partial charge is 0.370 e. The molecule has 1 aromatic heterocycles. The monoisotopic (exact) mass is 280 g/mol. The second-order valence-electron chi connectivity index (χ2n) is 4.03. The Morgan fingerprint density at radius 3 is 2.74 bits per heavy atom. The van der Waals surface area contributed by atoms with Crippen LogP contribution in [0.15, 0.2) is 18.5 Å². The summed E-state index contributed by atoms with van der Waals surface area (Å²) in [5, 5.41) is 2.95. The molecule has 0 aromatic carbocycles. The van der Waals surface area contributed by atoms with E-state index in [9.17, 15) is 17.6 Å². The van der Waals surface area contributed by atoms with E-state index >= 15 is 0 Å². The van der Waals surface area contributed by atoms with Crippen molar-refractivity contribution in [3.63, 3.8) is 0 Å². The molecule has 0 saturated heterocycles. The number of rotatable bonds is 7. The second-order valence-corrected chi connectivity index (χ2v) is 4.03. The minimum Gasteiger partial charge on any atom is -0.370 e. The van der Waals surface area contributed by atoms with E-state index < -0.39 is 24.6 Å². The van der Waals surface area contributed by atoms with Gasteiger partial charge in [0.25, 0.3) is 0 Å². The molecule has 0 aliphatic rings. The van der Waals surface area contributed by atoms with Crippen molar-refractivity contribution in [3.05, 3.63) is 29.8 Å². The Balaban J connectivity index is 2.64. The van der Waals surface area contributed by atoms with Crippen LogP contribution in [0.25, 0.3) is 0 Å². The lowest BCUT2D eigenvalue weighted by Gasteiger charge is -2.20. The van der Waals surface area contributed by atoms with Gasteiger partial charge in [-0.1, -0.05) is 6.92 Å². The maximum absolute atomic E-state index is 13.5. The molecule has 0 fully saturated rings. The number of nitrogens with zero attached hydrogens (tertiary/aromatic N) is 1. The highest BCUT2D eigenvalue weighted by atomic mass is 19.4. The van der Waals surface area contributed by atoms with Crippen molar-refractivity contribution < 1.29 is 22.3 Å². The molecule has 19 heavy (non-hydrogen) atoms. The third-order valence-corrected chi connectivity index (χ3v) is 2.37. The van der Waals surface area contributed by atoms with Gasteiger partial charge in [-0.05, 0) is 19.0 Å². The summed E-state index contributed by atoms with van der Waals surface area (Å²) in [4.78, 5) is 3.60. The molecular weight excluding hydrogens is 264 g/mol. The van der Waals surface area contributed by atoms with Crippen LogP contribution in [0.1, 0.15) is 24.9 Å². The van der Waals surface area contributed by atoms with E-state index in [1.807, 2.05) is 6.92 Å². The van der Waals surface area contributed by atoms with E-state index in [4.69, 9.17) is 0 Å². The number of ether oxygens (including phenoxy) is 1. The van der Waals surface area contributed by atoms with Crippen LogP contribution < -0.4 is 5.32 Å². The predicted octanol–water partition coefficient (Wildman–Crippen LogP) is 2.84. The summed E-state index contributed by atoms with van der Waals surface area (Å²) in [5.74, 6) is -0.563. The fourth-order valence-corrected chi connectivity index (χ4v) is 1.54. The number of pyridine rings is 1. The lowest BCUT2D eigenvalue weighted by atomic mass is 10.1. The van der Waals surface area contributed by atoms with E-state index in [2.05, 4.69) is 15.0 Å². The number of nitrogens with one attached hydrogen (secondary N) is 1. The SMILES string of the molecule is CCCNC(COCC(F)(F)F)c1ccncc1F. The molecule has 1 rings (SSSR count). The van der Waals surface area contributed by atoms with Crippen molar-refractivity contribution in [1.82, 2.24) is 10.3 Å². The van der Waals surface area contributed by atoms with Crippen LogP contribution in [0.3, 0.4) is 0 Å². The summed E-state index contributed by atoms with van der Waals surface area (Å²) >= 11 is 0. The summed E-state index contributed by atoms with van der Waals surface area (Å²) in [7, 11) is 0. The molecule has 1 aromatic rings. The summed E-state index contributed by atoms with van der Waals surface area (Å²) in [6.07, 6.45) is -1.18. The number of hydrogen-bond donors (Lipinski definition) is 1. The largest absolute Gasteiger partial charge is 0.411 e. The molecule has 0 aliphatic heterocycles. The van der Waals surface area contributed by atoms with Crippen LogP contribution in [0.5, 0.6) is 0 Å². The Morgan fingerprint density at radius 1 is 1.42 bits per heavy atom. The first-order valence-electron chi connectivity index (χ1n) is 5.91. The zero-order valence-electron chi connectivity index (χ0n) is 10.5.